The number of imidazole rings is 1. The third kappa shape index (κ3) is 2.94. The molecular weight excluding hydrogens is 344 g/mol. The van der Waals surface area contributed by atoms with Crippen LogP contribution in [0.3, 0.4) is 0 Å². The number of hydrogen-bond donors (Lipinski definition) is 0. The van der Waals surface area contributed by atoms with Gasteiger partial charge in [0.15, 0.2) is 0 Å². The van der Waals surface area contributed by atoms with Gasteiger partial charge in [0.25, 0.3) is 5.82 Å². The molecule has 2 aromatic rings. The number of hydrogen-bond acceptors (Lipinski definition) is 4. The highest BCUT2D eigenvalue weighted by molar-refractivity contribution is 7.86. The highest BCUT2D eigenvalue weighted by Gasteiger charge is 2.39. The minimum absolute atomic E-state index is 0.0168. The van der Waals surface area contributed by atoms with Gasteiger partial charge in [-0.25, -0.2) is 4.98 Å². The molecule has 1 heterocycles. The summed E-state index contributed by atoms with van der Waals surface area (Å²) in [6.07, 6.45) is -4.31. The van der Waals surface area contributed by atoms with Crippen molar-refractivity contribution in [3.63, 3.8) is 0 Å². The monoisotopic (exact) mass is 348 g/mol. The van der Waals surface area contributed by atoms with Crippen molar-refractivity contribution in [1.82, 2.24) is 9.71 Å². The zero-order valence-corrected chi connectivity index (χ0v) is 11.9. The van der Waals surface area contributed by atoms with E-state index in [0.717, 1.165) is 12.1 Å². The van der Waals surface area contributed by atoms with Crippen LogP contribution in [0.25, 0.3) is 11.0 Å². The highest BCUT2D eigenvalue weighted by Crippen LogP contribution is 2.34. The molecule has 0 bridgehead atoms. The third-order valence-corrected chi connectivity index (χ3v) is 3.26. The Bertz CT molecular complexity index is 786. The molecule has 1 aromatic heterocycles. The van der Waals surface area contributed by atoms with E-state index in [2.05, 4.69) is 9.27 Å². The van der Waals surface area contributed by atoms with Gasteiger partial charge in [-0.15, -0.1) is 4.73 Å². The lowest BCUT2D eigenvalue weighted by molar-refractivity contribution is -0.151. The van der Waals surface area contributed by atoms with Crippen molar-refractivity contribution in [2.24, 2.45) is 0 Å². The summed E-state index contributed by atoms with van der Waals surface area (Å²) in [6, 6.07) is 2.11. The van der Waals surface area contributed by atoms with Gasteiger partial charge in [0.1, 0.15) is 5.52 Å². The van der Waals surface area contributed by atoms with Crippen LogP contribution in [0, 0.1) is 0 Å². The Balaban J connectivity index is 2.81. The van der Waals surface area contributed by atoms with E-state index in [4.69, 9.17) is 23.2 Å². The SMILES string of the molecule is CS(=O)(=O)On1c(C(F)(F)F)nc2cc(Cl)c(Cl)cc21. The van der Waals surface area contributed by atoms with E-state index in [1.807, 2.05) is 0 Å². The fraction of sp³-hybridized carbons (Fsp3) is 0.222. The second-order valence-corrected chi connectivity index (χ2v) is 6.13. The Morgan fingerprint density at radius 3 is 2.30 bits per heavy atom. The van der Waals surface area contributed by atoms with Gasteiger partial charge in [-0.3, -0.25) is 4.28 Å². The minimum Gasteiger partial charge on any atom is -0.285 e. The second kappa shape index (κ2) is 4.68. The largest absolute Gasteiger partial charge is 0.453 e. The van der Waals surface area contributed by atoms with Crippen LogP contribution in [0.2, 0.25) is 10.0 Å². The molecule has 20 heavy (non-hydrogen) atoms. The van der Waals surface area contributed by atoms with Crippen LogP contribution in [0.5, 0.6) is 0 Å². The molecule has 0 spiro atoms. The molecule has 0 saturated carbocycles. The quantitative estimate of drug-likeness (QED) is 0.837. The summed E-state index contributed by atoms with van der Waals surface area (Å²) < 4.78 is 65.0. The maximum atomic E-state index is 12.8. The number of alkyl halides is 3. The molecule has 0 N–H and O–H groups in total. The van der Waals surface area contributed by atoms with Gasteiger partial charge in [0, 0.05) is 0 Å². The standard InChI is InChI=1S/C9H5Cl2F3N2O3S/c1-20(17,18)19-16-7-3-5(11)4(10)2-6(7)15-8(16)9(12,13)14/h2-3H,1H3. The van der Waals surface area contributed by atoms with E-state index in [-0.39, 0.29) is 25.8 Å². The van der Waals surface area contributed by atoms with E-state index in [9.17, 15) is 21.6 Å². The molecule has 0 radical (unpaired) electrons. The van der Waals surface area contributed by atoms with Crippen LogP contribution < -0.4 is 4.28 Å². The average Bonchev–Trinajstić information content (AvgIpc) is 2.55. The lowest BCUT2D eigenvalue weighted by Gasteiger charge is -2.10. The van der Waals surface area contributed by atoms with Crippen molar-refractivity contribution in [2.75, 3.05) is 6.26 Å². The molecule has 0 amide bonds. The molecule has 0 unspecified atom stereocenters. The average molecular weight is 349 g/mol. The van der Waals surface area contributed by atoms with Crippen molar-refractivity contribution >= 4 is 44.4 Å². The Hall–Kier alpha value is -1.19. The molecule has 110 valence electrons. The van der Waals surface area contributed by atoms with Gasteiger partial charge in [-0.05, 0) is 12.1 Å². The molecule has 5 nitrogen and oxygen atoms in total. The van der Waals surface area contributed by atoms with E-state index in [0.29, 0.717) is 6.26 Å². The van der Waals surface area contributed by atoms with Crippen LogP contribution in [-0.4, -0.2) is 24.4 Å². The lowest BCUT2D eigenvalue weighted by atomic mass is 10.3. The topological polar surface area (TPSA) is 61.2 Å². The van der Waals surface area contributed by atoms with Crippen LogP contribution in [-0.2, 0) is 16.3 Å². The van der Waals surface area contributed by atoms with Gasteiger partial charge >= 0.3 is 16.3 Å². The maximum Gasteiger partial charge on any atom is 0.453 e. The van der Waals surface area contributed by atoms with Gasteiger partial charge in [-0.1, -0.05) is 23.2 Å². The molecule has 11 heteroatoms. The molecule has 0 saturated heterocycles. The molecule has 0 aliphatic heterocycles. The summed E-state index contributed by atoms with van der Waals surface area (Å²) in [5, 5.41) is -0.0805. The predicted octanol–water partition coefficient (Wildman–Crippen LogP) is 2.75. The number of fused-ring (bicyclic) bond motifs is 1. The van der Waals surface area contributed by atoms with Gasteiger partial charge < -0.3 is 0 Å². The zero-order chi connectivity index (χ0) is 15.3. The smallest absolute Gasteiger partial charge is 0.285 e. The van der Waals surface area contributed by atoms with E-state index >= 15 is 0 Å². The van der Waals surface area contributed by atoms with E-state index in [1.54, 1.807) is 0 Å². The van der Waals surface area contributed by atoms with Crippen molar-refractivity contribution in [1.29, 1.82) is 0 Å². The van der Waals surface area contributed by atoms with E-state index in [1.165, 1.54) is 0 Å². The Labute approximate surface area is 120 Å². The molecule has 1 aromatic carbocycles. The van der Waals surface area contributed by atoms with Crippen molar-refractivity contribution < 1.29 is 25.9 Å². The summed E-state index contributed by atoms with van der Waals surface area (Å²) in [7, 11) is -4.20. The Kier molecular flexibility index (Phi) is 3.55. The summed E-state index contributed by atoms with van der Waals surface area (Å²) >= 11 is 11.4. The Morgan fingerprint density at radius 1 is 1.25 bits per heavy atom. The number of aromatic nitrogens is 2. The third-order valence-electron chi connectivity index (χ3n) is 2.12. The van der Waals surface area contributed by atoms with Crippen LogP contribution in [0.15, 0.2) is 12.1 Å². The number of benzene rings is 1. The first-order valence-corrected chi connectivity index (χ1v) is 7.41. The minimum atomic E-state index is -4.91. The lowest BCUT2D eigenvalue weighted by Crippen LogP contribution is -2.24. The molecule has 0 aliphatic rings. The zero-order valence-electron chi connectivity index (χ0n) is 9.57. The predicted molar refractivity (Wildman–Crippen MR) is 66.2 cm³/mol. The number of halogens is 5. The summed E-state index contributed by atoms with van der Waals surface area (Å²) in [6.45, 7) is 0. The first-order valence-electron chi connectivity index (χ1n) is 4.83. The number of nitrogens with zero attached hydrogens (tertiary/aromatic N) is 2. The highest BCUT2D eigenvalue weighted by atomic mass is 35.5. The van der Waals surface area contributed by atoms with Gasteiger partial charge in [-0.2, -0.15) is 21.6 Å². The van der Waals surface area contributed by atoms with Gasteiger partial charge in [0.05, 0.1) is 21.8 Å². The second-order valence-electron chi connectivity index (χ2n) is 3.76. The number of rotatable bonds is 2. The maximum absolute atomic E-state index is 12.8. The molecule has 0 aliphatic carbocycles. The molecule has 2 rings (SSSR count). The fourth-order valence-corrected chi connectivity index (χ4v) is 2.18. The first-order chi connectivity index (χ1) is 8.99. The Morgan fingerprint density at radius 2 is 1.80 bits per heavy atom. The fourth-order valence-electron chi connectivity index (χ4n) is 1.44. The molecule has 0 atom stereocenters. The first kappa shape index (κ1) is 15.2. The van der Waals surface area contributed by atoms with Crippen LogP contribution in [0.1, 0.15) is 5.82 Å². The van der Waals surface area contributed by atoms with Crippen LogP contribution in [0.4, 0.5) is 13.2 Å². The summed E-state index contributed by atoms with van der Waals surface area (Å²) in [5.41, 5.74) is -0.465. The molecule has 0 fully saturated rings. The van der Waals surface area contributed by atoms with Crippen molar-refractivity contribution in [2.45, 2.75) is 6.18 Å². The van der Waals surface area contributed by atoms with Crippen LogP contribution >= 0.6 is 23.2 Å². The molecular formula is C9H5Cl2F3N2O3S. The van der Waals surface area contributed by atoms with Gasteiger partial charge in [0.2, 0.25) is 0 Å². The van der Waals surface area contributed by atoms with E-state index < -0.39 is 22.1 Å². The normalized spacial score (nSPS) is 12.9. The van der Waals surface area contributed by atoms with Crippen molar-refractivity contribution in [3.05, 3.63) is 28.0 Å². The summed E-state index contributed by atoms with van der Waals surface area (Å²) in [5.74, 6) is -1.53. The summed E-state index contributed by atoms with van der Waals surface area (Å²) in [4.78, 5) is 3.28. The van der Waals surface area contributed by atoms with Crippen molar-refractivity contribution in [3.8, 4) is 0 Å².